The molecule has 0 radical (unpaired) electrons. The third-order valence-corrected chi connectivity index (χ3v) is 2.72. The molecule has 1 amide bonds. The summed E-state index contributed by atoms with van der Waals surface area (Å²) in [6.07, 6.45) is 0. The summed E-state index contributed by atoms with van der Waals surface area (Å²) in [5.74, 6) is -1.80. The molecule has 0 unspecified atom stereocenters. The predicted molar refractivity (Wildman–Crippen MR) is 70.3 cm³/mol. The summed E-state index contributed by atoms with van der Waals surface area (Å²) in [4.78, 5) is 25.5. The van der Waals surface area contributed by atoms with Gasteiger partial charge in [-0.05, 0) is 26.0 Å². The van der Waals surface area contributed by atoms with Gasteiger partial charge >= 0.3 is 5.69 Å². The standard InChI is InChI=1S/C12H10FN5O3/c1-6-7(2)16-17-12(14-6)15-11(19)8-3-4-10(18(20)21)9(13)5-8/h3-5H,1-2H3,(H,14,15,17,19). The highest BCUT2D eigenvalue weighted by molar-refractivity contribution is 6.03. The number of nitro benzene ring substituents is 1. The third kappa shape index (κ3) is 3.14. The Morgan fingerprint density at radius 1 is 1.29 bits per heavy atom. The van der Waals surface area contributed by atoms with Crippen molar-refractivity contribution in [3.63, 3.8) is 0 Å². The van der Waals surface area contributed by atoms with Crippen molar-refractivity contribution in [1.29, 1.82) is 0 Å². The van der Waals surface area contributed by atoms with Crippen LogP contribution >= 0.6 is 0 Å². The first-order chi connectivity index (χ1) is 9.88. The lowest BCUT2D eigenvalue weighted by molar-refractivity contribution is -0.387. The maximum absolute atomic E-state index is 13.5. The van der Waals surface area contributed by atoms with Gasteiger partial charge in [-0.15, -0.1) is 5.10 Å². The van der Waals surface area contributed by atoms with Crippen molar-refractivity contribution in [2.24, 2.45) is 0 Å². The van der Waals surface area contributed by atoms with E-state index in [1.807, 2.05) is 0 Å². The van der Waals surface area contributed by atoms with Gasteiger partial charge < -0.3 is 0 Å². The van der Waals surface area contributed by atoms with Crippen LogP contribution < -0.4 is 5.32 Å². The van der Waals surface area contributed by atoms with E-state index in [1.165, 1.54) is 0 Å². The lowest BCUT2D eigenvalue weighted by Crippen LogP contribution is -2.16. The molecule has 1 aromatic carbocycles. The van der Waals surface area contributed by atoms with Crippen molar-refractivity contribution in [1.82, 2.24) is 15.2 Å². The SMILES string of the molecule is Cc1nnc(NC(=O)c2ccc([N+](=O)[O-])c(F)c2)nc1C. The number of carbonyl (C=O) groups excluding carboxylic acids is 1. The second-order valence-electron chi connectivity index (χ2n) is 4.18. The predicted octanol–water partition coefficient (Wildman–Crippen LogP) is 1.79. The number of anilines is 1. The molecule has 0 spiro atoms. The van der Waals surface area contributed by atoms with E-state index in [2.05, 4.69) is 20.5 Å². The highest BCUT2D eigenvalue weighted by Gasteiger charge is 2.17. The molecular weight excluding hydrogens is 281 g/mol. The molecule has 8 nitrogen and oxygen atoms in total. The first-order valence-corrected chi connectivity index (χ1v) is 5.81. The Morgan fingerprint density at radius 3 is 2.57 bits per heavy atom. The highest BCUT2D eigenvalue weighted by Crippen LogP contribution is 2.18. The van der Waals surface area contributed by atoms with E-state index < -0.39 is 22.3 Å². The number of aryl methyl sites for hydroxylation is 2. The van der Waals surface area contributed by atoms with Crippen molar-refractivity contribution >= 4 is 17.5 Å². The second kappa shape index (κ2) is 5.57. The van der Waals surface area contributed by atoms with Gasteiger partial charge in [0, 0.05) is 11.6 Å². The number of nitrogens with zero attached hydrogens (tertiary/aromatic N) is 4. The molecule has 2 aromatic rings. The number of hydrogen-bond donors (Lipinski definition) is 1. The van der Waals surface area contributed by atoms with Crippen molar-refractivity contribution in [3.8, 4) is 0 Å². The molecule has 0 atom stereocenters. The lowest BCUT2D eigenvalue weighted by Gasteiger charge is -2.05. The van der Waals surface area contributed by atoms with Crippen molar-refractivity contribution in [2.75, 3.05) is 5.32 Å². The summed E-state index contributed by atoms with van der Waals surface area (Å²) in [7, 11) is 0. The van der Waals surface area contributed by atoms with E-state index in [4.69, 9.17) is 0 Å². The summed E-state index contributed by atoms with van der Waals surface area (Å²) >= 11 is 0. The van der Waals surface area contributed by atoms with Crippen LogP contribution in [-0.4, -0.2) is 26.0 Å². The molecule has 0 aliphatic rings. The maximum atomic E-state index is 13.5. The number of rotatable bonds is 3. The first-order valence-electron chi connectivity index (χ1n) is 5.81. The quantitative estimate of drug-likeness (QED) is 0.681. The van der Waals surface area contributed by atoms with E-state index in [0.29, 0.717) is 11.4 Å². The van der Waals surface area contributed by atoms with Gasteiger partial charge in [0.2, 0.25) is 11.8 Å². The summed E-state index contributed by atoms with van der Waals surface area (Å²) in [5, 5.41) is 20.3. The molecule has 21 heavy (non-hydrogen) atoms. The first kappa shape index (κ1) is 14.4. The fraction of sp³-hybridized carbons (Fsp3) is 0.167. The minimum atomic E-state index is -1.09. The molecule has 0 saturated heterocycles. The van der Waals surface area contributed by atoms with Crippen molar-refractivity contribution in [2.45, 2.75) is 13.8 Å². The van der Waals surface area contributed by atoms with Gasteiger partial charge in [-0.1, -0.05) is 0 Å². The smallest absolute Gasteiger partial charge is 0.289 e. The van der Waals surface area contributed by atoms with Crippen LogP contribution in [0.3, 0.4) is 0 Å². The minimum Gasteiger partial charge on any atom is -0.289 e. The van der Waals surface area contributed by atoms with Gasteiger partial charge in [0.1, 0.15) is 0 Å². The Hall–Kier alpha value is -2.97. The normalized spacial score (nSPS) is 10.2. The van der Waals surface area contributed by atoms with Crippen LogP contribution in [0.4, 0.5) is 16.0 Å². The topological polar surface area (TPSA) is 111 Å². The molecule has 0 bridgehead atoms. The molecule has 1 N–H and O–H groups in total. The molecule has 0 aliphatic carbocycles. The van der Waals surface area contributed by atoms with Crippen LogP contribution in [0.1, 0.15) is 21.7 Å². The van der Waals surface area contributed by atoms with Gasteiger partial charge in [-0.25, -0.2) is 4.98 Å². The summed E-state index contributed by atoms with van der Waals surface area (Å²) in [6, 6.07) is 2.84. The van der Waals surface area contributed by atoms with Gasteiger partial charge in [0.25, 0.3) is 5.91 Å². The zero-order chi connectivity index (χ0) is 15.6. The van der Waals surface area contributed by atoms with E-state index in [9.17, 15) is 19.3 Å². The van der Waals surface area contributed by atoms with Crippen LogP contribution in [0, 0.1) is 29.8 Å². The monoisotopic (exact) mass is 291 g/mol. The summed E-state index contributed by atoms with van der Waals surface area (Å²) in [5.41, 5.74) is 0.431. The number of amides is 1. The van der Waals surface area contributed by atoms with Crippen LogP contribution in [0.5, 0.6) is 0 Å². The van der Waals surface area contributed by atoms with Gasteiger partial charge in [-0.3, -0.25) is 20.2 Å². The second-order valence-corrected chi connectivity index (χ2v) is 4.18. The minimum absolute atomic E-state index is 0.0261. The lowest BCUT2D eigenvalue weighted by atomic mass is 10.2. The zero-order valence-electron chi connectivity index (χ0n) is 11.1. The van der Waals surface area contributed by atoms with E-state index in [1.54, 1.807) is 13.8 Å². The zero-order valence-corrected chi connectivity index (χ0v) is 11.1. The molecule has 2 rings (SSSR count). The largest absolute Gasteiger partial charge is 0.304 e. The Morgan fingerprint density at radius 2 is 2.00 bits per heavy atom. The van der Waals surface area contributed by atoms with E-state index >= 15 is 0 Å². The molecule has 9 heteroatoms. The number of nitrogens with one attached hydrogen (secondary N) is 1. The van der Waals surface area contributed by atoms with Gasteiger partial charge in [0.05, 0.1) is 16.3 Å². The number of carbonyl (C=O) groups is 1. The summed E-state index contributed by atoms with van der Waals surface area (Å²) < 4.78 is 13.5. The molecule has 0 fully saturated rings. The molecule has 0 aliphatic heterocycles. The third-order valence-electron chi connectivity index (χ3n) is 2.72. The fourth-order valence-corrected chi connectivity index (χ4v) is 1.48. The van der Waals surface area contributed by atoms with E-state index in [-0.39, 0.29) is 11.5 Å². The Kier molecular flexibility index (Phi) is 3.83. The Balaban J connectivity index is 2.22. The van der Waals surface area contributed by atoms with Crippen LogP contribution in [-0.2, 0) is 0 Å². The number of halogens is 1. The molecule has 108 valence electrons. The summed E-state index contributed by atoms with van der Waals surface area (Å²) in [6.45, 7) is 3.41. The van der Waals surface area contributed by atoms with Crippen LogP contribution in [0.15, 0.2) is 18.2 Å². The van der Waals surface area contributed by atoms with Crippen LogP contribution in [0.2, 0.25) is 0 Å². The molecule has 0 saturated carbocycles. The number of hydrogen-bond acceptors (Lipinski definition) is 6. The number of benzene rings is 1. The Labute approximate surface area is 118 Å². The van der Waals surface area contributed by atoms with Crippen LogP contribution in [0.25, 0.3) is 0 Å². The fourth-order valence-electron chi connectivity index (χ4n) is 1.48. The molecule has 1 heterocycles. The Bertz CT molecular complexity index is 735. The van der Waals surface area contributed by atoms with Crippen molar-refractivity contribution < 1.29 is 14.1 Å². The number of nitro groups is 1. The highest BCUT2D eigenvalue weighted by atomic mass is 19.1. The molecular formula is C12H10FN5O3. The van der Waals surface area contributed by atoms with Gasteiger partial charge in [0.15, 0.2) is 0 Å². The van der Waals surface area contributed by atoms with E-state index in [0.717, 1.165) is 18.2 Å². The van der Waals surface area contributed by atoms with Crippen molar-refractivity contribution in [3.05, 3.63) is 51.1 Å². The number of aromatic nitrogens is 3. The average Bonchev–Trinajstić information content (AvgIpc) is 2.42. The van der Waals surface area contributed by atoms with Gasteiger partial charge in [-0.2, -0.15) is 9.49 Å². The molecule has 1 aromatic heterocycles. The maximum Gasteiger partial charge on any atom is 0.304 e. The average molecular weight is 291 g/mol.